The van der Waals surface area contributed by atoms with E-state index in [0.29, 0.717) is 0 Å². The summed E-state index contributed by atoms with van der Waals surface area (Å²) in [6.45, 7) is 6.66. The van der Waals surface area contributed by atoms with Gasteiger partial charge in [0.25, 0.3) is 0 Å². The maximum Gasteiger partial charge on any atom is 0.00858 e. The van der Waals surface area contributed by atoms with Crippen LogP contribution in [0.25, 0.3) is 0 Å². The van der Waals surface area contributed by atoms with Crippen LogP contribution in [0.3, 0.4) is 0 Å². The molecule has 0 atom stereocenters. The monoisotopic (exact) mass is 237 g/mol. The molecule has 0 saturated heterocycles. The molecular weight excluding hydrogens is 214 g/mol. The zero-order valence-electron chi connectivity index (χ0n) is 10.5. The van der Waals surface area contributed by atoms with Gasteiger partial charge in [0, 0.05) is 9.75 Å². The number of aryl methyl sites for hydroxylation is 1. The molecule has 1 rings (SSSR count). The highest BCUT2D eigenvalue weighted by Crippen LogP contribution is 2.17. The SMILES string of the molecule is CCCNCCC=CCc1ccc(CC)s1. The summed E-state index contributed by atoms with van der Waals surface area (Å²) in [4.78, 5) is 2.97. The number of nitrogens with one attached hydrogen (secondary N) is 1. The Labute approximate surface area is 104 Å². The van der Waals surface area contributed by atoms with Gasteiger partial charge >= 0.3 is 0 Å². The molecule has 16 heavy (non-hydrogen) atoms. The molecule has 0 aromatic carbocycles. The van der Waals surface area contributed by atoms with Crippen LogP contribution >= 0.6 is 11.3 Å². The van der Waals surface area contributed by atoms with E-state index in [0.717, 1.165) is 32.4 Å². The molecule has 0 saturated carbocycles. The summed E-state index contributed by atoms with van der Waals surface area (Å²) in [5.41, 5.74) is 0. The summed E-state index contributed by atoms with van der Waals surface area (Å²) in [6.07, 6.45) is 9.20. The zero-order valence-corrected chi connectivity index (χ0v) is 11.3. The molecule has 0 spiro atoms. The molecule has 1 heterocycles. The fourth-order valence-corrected chi connectivity index (χ4v) is 2.46. The Morgan fingerprint density at radius 2 is 1.94 bits per heavy atom. The number of thiophene rings is 1. The highest BCUT2D eigenvalue weighted by molar-refractivity contribution is 7.12. The standard InChI is InChI=1S/C14H23NS/c1-3-11-15-12-7-5-6-8-14-10-9-13(4-2)16-14/h5-6,9-10,15H,3-4,7-8,11-12H2,1-2H3. The Hall–Kier alpha value is -0.600. The predicted molar refractivity (Wildman–Crippen MR) is 74.3 cm³/mol. The lowest BCUT2D eigenvalue weighted by molar-refractivity contribution is 0.678. The molecule has 2 heteroatoms. The van der Waals surface area contributed by atoms with E-state index in [1.807, 2.05) is 11.3 Å². The second kappa shape index (κ2) is 8.54. The van der Waals surface area contributed by atoms with Gasteiger partial charge in [0.2, 0.25) is 0 Å². The van der Waals surface area contributed by atoms with Crippen molar-refractivity contribution in [1.29, 1.82) is 0 Å². The van der Waals surface area contributed by atoms with Crippen molar-refractivity contribution >= 4 is 11.3 Å². The summed E-state index contributed by atoms with van der Waals surface area (Å²) in [6, 6.07) is 4.50. The average molecular weight is 237 g/mol. The first-order valence-corrected chi connectivity index (χ1v) is 7.11. The second-order valence-electron chi connectivity index (χ2n) is 3.94. The van der Waals surface area contributed by atoms with Gasteiger partial charge in [0.1, 0.15) is 0 Å². The first-order chi connectivity index (χ1) is 7.86. The fourth-order valence-electron chi connectivity index (χ4n) is 1.53. The van der Waals surface area contributed by atoms with Crippen LogP contribution in [0.4, 0.5) is 0 Å². The maximum absolute atomic E-state index is 3.40. The van der Waals surface area contributed by atoms with Crippen LogP contribution in [0.5, 0.6) is 0 Å². The van der Waals surface area contributed by atoms with Crippen molar-refractivity contribution in [2.45, 2.75) is 39.5 Å². The lowest BCUT2D eigenvalue weighted by Gasteiger charge is -1.97. The first kappa shape index (κ1) is 13.5. The molecule has 0 amide bonds. The molecule has 0 aliphatic rings. The lowest BCUT2D eigenvalue weighted by atomic mass is 10.3. The lowest BCUT2D eigenvalue weighted by Crippen LogP contribution is -2.14. The van der Waals surface area contributed by atoms with Crippen molar-refractivity contribution < 1.29 is 0 Å². The minimum Gasteiger partial charge on any atom is -0.316 e. The third-order valence-corrected chi connectivity index (χ3v) is 3.72. The Kier molecular flexibility index (Phi) is 7.19. The average Bonchev–Trinajstić information content (AvgIpc) is 2.76. The number of allylic oxidation sites excluding steroid dienone is 1. The number of hydrogen-bond acceptors (Lipinski definition) is 2. The van der Waals surface area contributed by atoms with Gasteiger partial charge in [0.05, 0.1) is 0 Å². The molecule has 0 radical (unpaired) electrons. The number of hydrogen-bond donors (Lipinski definition) is 1. The summed E-state index contributed by atoms with van der Waals surface area (Å²) in [5, 5.41) is 3.40. The maximum atomic E-state index is 3.40. The topological polar surface area (TPSA) is 12.0 Å². The number of rotatable bonds is 8. The van der Waals surface area contributed by atoms with E-state index in [2.05, 4.69) is 43.4 Å². The summed E-state index contributed by atoms with van der Waals surface area (Å²) >= 11 is 1.94. The molecule has 1 aromatic heterocycles. The first-order valence-electron chi connectivity index (χ1n) is 6.30. The quantitative estimate of drug-likeness (QED) is 0.535. The molecule has 90 valence electrons. The molecule has 0 aliphatic heterocycles. The van der Waals surface area contributed by atoms with Crippen LogP contribution in [0.1, 0.15) is 36.4 Å². The molecule has 1 N–H and O–H groups in total. The van der Waals surface area contributed by atoms with E-state index in [4.69, 9.17) is 0 Å². The Balaban J connectivity index is 2.11. The summed E-state index contributed by atoms with van der Waals surface area (Å²) in [5.74, 6) is 0. The minimum absolute atomic E-state index is 1.10. The second-order valence-corrected chi connectivity index (χ2v) is 5.19. The van der Waals surface area contributed by atoms with E-state index in [1.165, 1.54) is 16.2 Å². The minimum atomic E-state index is 1.10. The van der Waals surface area contributed by atoms with E-state index in [-0.39, 0.29) is 0 Å². The van der Waals surface area contributed by atoms with Gasteiger partial charge in [-0.1, -0.05) is 26.0 Å². The third kappa shape index (κ3) is 5.47. The smallest absolute Gasteiger partial charge is 0.00858 e. The van der Waals surface area contributed by atoms with Crippen molar-refractivity contribution in [2.24, 2.45) is 0 Å². The molecule has 1 nitrogen and oxygen atoms in total. The molecule has 0 bridgehead atoms. The van der Waals surface area contributed by atoms with Crippen LogP contribution in [0.2, 0.25) is 0 Å². The van der Waals surface area contributed by atoms with Crippen molar-refractivity contribution in [1.82, 2.24) is 5.32 Å². The van der Waals surface area contributed by atoms with E-state index in [9.17, 15) is 0 Å². The molecule has 0 aliphatic carbocycles. The van der Waals surface area contributed by atoms with Crippen molar-refractivity contribution in [3.05, 3.63) is 34.0 Å². The highest BCUT2D eigenvalue weighted by atomic mass is 32.1. The van der Waals surface area contributed by atoms with Gasteiger partial charge in [0.15, 0.2) is 0 Å². The Morgan fingerprint density at radius 1 is 1.12 bits per heavy atom. The normalized spacial score (nSPS) is 11.4. The zero-order chi connectivity index (χ0) is 11.6. The van der Waals surface area contributed by atoms with Gasteiger partial charge in [-0.05, 0) is 50.9 Å². The van der Waals surface area contributed by atoms with Gasteiger partial charge in [-0.15, -0.1) is 11.3 Å². The van der Waals surface area contributed by atoms with Crippen LogP contribution in [0, 0.1) is 0 Å². The van der Waals surface area contributed by atoms with Crippen LogP contribution in [-0.2, 0) is 12.8 Å². The molecule has 1 aromatic rings. The van der Waals surface area contributed by atoms with Crippen molar-refractivity contribution in [3.8, 4) is 0 Å². The van der Waals surface area contributed by atoms with E-state index < -0.39 is 0 Å². The van der Waals surface area contributed by atoms with Gasteiger partial charge in [-0.3, -0.25) is 0 Å². The predicted octanol–water partition coefficient (Wildman–Crippen LogP) is 3.80. The fraction of sp³-hybridized carbons (Fsp3) is 0.571. The third-order valence-electron chi connectivity index (χ3n) is 2.47. The molecule has 0 unspecified atom stereocenters. The highest BCUT2D eigenvalue weighted by Gasteiger charge is 1.95. The van der Waals surface area contributed by atoms with Crippen LogP contribution in [-0.4, -0.2) is 13.1 Å². The van der Waals surface area contributed by atoms with E-state index >= 15 is 0 Å². The van der Waals surface area contributed by atoms with E-state index in [1.54, 1.807) is 0 Å². The molecular formula is C14H23NS. The van der Waals surface area contributed by atoms with Gasteiger partial charge in [-0.25, -0.2) is 0 Å². The van der Waals surface area contributed by atoms with Crippen molar-refractivity contribution in [3.63, 3.8) is 0 Å². The van der Waals surface area contributed by atoms with Crippen molar-refractivity contribution in [2.75, 3.05) is 13.1 Å². The van der Waals surface area contributed by atoms with Gasteiger partial charge < -0.3 is 5.32 Å². The summed E-state index contributed by atoms with van der Waals surface area (Å²) in [7, 11) is 0. The Bertz CT molecular complexity index is 301. The largest absolute Gasteiger partial charge is 0.316 e. The van der Waals surface area contributed by atoms with Crippen LogP contribution < -0.4 is 5.32 Å². The molecule has 0 fully saturated rings. The van der Waals surface area contributed by atoms with Crippen LogP contribution in [0.15, 0.2) is 24.3 Å². The summed E-state index contributed by atoms with van der Waals surface area (Å²) < 4.78 is 0. The van der Waals surface area contributed by atoms with Gasteiger partial charge in [-0.2, -0.15) is 0 Å². The Morgan fingerprint density at radius 3 is 2.62 bits per heavy atom.